The number of nitrogens with zero attached hydrogens (tertiary/aromatic N) is 1. The molecule has 0 spiro atoms. The average Bonchev–Trinajstić information content (AvgIpc) is 2.60. The highest BCUT2D eigenvalue weighted by Gasteiger charge is 2.06. The van der Waals surface area contributed by atoms with E-state index in [1.54, 1.807) is 19.2 Å². The molecular formula is C18H30IN3O2. The van der Waals surface area contributed by atoms with E-state index in [9.17, 15) is 4.79 Å². The fourth-order valence-electron chi connectivity index (χ4n) is 2.29. The number of guanidine groups is 1. The summed E-state index contributed by atoms with van der Waals surface area (Å²) in [6, 6.07) is 7.49. The average molecular weight is 447 g/mol. The molecular weight excluding hydrogens is 417 g/mol. The Balaban J connectivity index is 0.00000529. The fourth-order valence-corrected chi connectivity index (χ4v) is 2.29. The number of carbonyl (C=O) groups excluding carboxylic acids is 1. The molecule has 0 aromatic heterocycles. The molecule has 0 saturated heterocycles. The normalized spacial score (nSPS) is 11.0. The minimum Gasteiger partial charge on any atom is -0.465 e. The maximum absolute atomic E-state index is 11.4. The highest BCUT2D eigenvalue weighted by Crippen LogP contribution is 2.06. The Morgan fingerprint density at radius 1 is 1.17 bits per heavy atom. The number of rotatable bonds is 8. The molecule has 0 atom stereocenters. The summed E-state index contributed by atoms with van der Waals surface area (Å²) in [6.07, 6.45) is 3.22. The molecule has 0 bridgehead atoms. The van der Waals surface area contributed by atoms with Crippen LogP contribution in [0.5, 0.6) is 0 Å². The minimum absolute atomic E-state index is 0. The van der Waals surface area contributed by atoms with Crippen molar-refractivity contribution < 1.29 is 9.53 Å². The van der Waals surface area contributed by atoms with Gasteiger partial charge in [-0.2, -0.15) is 0 Å². The van der Waals surface area contributed by atoms with Gasteiger partial charge in [0.25, 0.3) is 0 Å². The first-order valence-electron chi connectivity index (χ1n) is 8.26. The Bertz CT molecular complexity index is 499. The van der Waals surface area contributed by atoms with Gasteiger partial charge in [0.2, 0.25) is 0 Å². The Labute approximate surface area is 162 Å². The lowest BCUT2D eigenvalue weighted by Crippen LogP contribution is -2.40. The number of methoxy groups -OCH3 is 1. The van der Waals surface area contributed by atoms with Crippen molar-refractivity contribution in [3.05, 3.63) is 35.4 Å². The van der Waals surface area contributed by atoms with E-state index in [1.165, 1.54) is 25.5 Å². The van der Waals surface area contributed by atoms with Crippen molar-refractivity contribution in [2.24, 2.45) is 10.9 Å². The molecule has 5 nitrogen and oxygen atoms in total. The first-order valence-corrected chi connectivity index (χ1v) is 8.26. The van der Waals surface area contributed by atoms with Crippen molar-refractivity contribution in [2.45, 2.75) is 33.1 Å². The topological polar surface area (TPSA) is 62.7 Å². The van der Waals surface area contributed by atoms with Gasteiger partial charge in [-0.05, 0) is 30.0 Å². The zero-order valence-electron chi connectivity index (χ0n) is 15.1. The standard InChI is InChI=1S/C18H29N3O2.HI/c1-5-14(6-2)13-21-18(19-3)20-12-11-15-7-9-16(10-8-15)17(22)23-4;/h7-10,14H,5-6,11-13H2,1-4H3,(H2,19,20,21);1H. The zero-order valence-corrected chi connectivity index (χ0v) is 17.4. The van der Waals surface area contributed by atoms with Gasteiger partial charge >= 0.3 is 5.97 Å². The third-order valence-electron chi connectivity index (χ3n) is 4.02. The number of nitrogens with one attached hydrogen (secondary N) is 2. The van der Waals surface area contributed by atoms with Crippen molar-refractivity contribution in [1.29, 1.82) is 0 Å². The van der Waals surface area contributed by atoms with Crippen LogP contribution in [-0.2, 0) is 11.2 Å². The van der Waals surface area contributed by atoms with Crippen molar-refractivity contribution in [3.8, 4) is 0 Å². The Morgan fingerprint density at radius 2 is 1.79 bits per heavy atom. The van der Waals surface area contributed by atoms with Crippen molar-refractivity contribution in [2.75, 3.05) is 27.2 Å². The van der Waals surface area contributed by atoms with E-state index >= 15 is 0 Å². The predicted molar refractivity (Wildman–Crippen MR) is 110 cm³/mol. The van der Waals surface area contributed by atoms with Gasteiger partial charge in [0.1, 0.15) is 0 Å². The molecule has 2 N–H and O–H groups in total. The molecule has 0 heterocycles. The number of esters is 1. The van der Waals surface area contributed by atoms with E-state index in [2.05, 4.69) is 29.5 Å². The molecule has 0 unspecified atom stereocenters. The van der Waals surface area contributed by atoms with Crippen LogP contribution in [0.1, 0.15) is 42.6 Å². The molecule has 0 radical (unpaired) electrons. The second kappa shape index (κ2) is 13.0. The minimum atomic E-state index is -0.305. The molecule has 1 rings (SSSR count). The number of carbonyl (C=O) groups is 1. The maximum atomic E-state index is 11.4. The van der Waals surface area contributed by atoms with E-state index < -0.39 is 0 Å². The van der Waals surface area contributed by atoms with E-state index in [4.69, 9.17) is 4.74 Å². The molecule has 24 heavy (non-hydrogen) atoms. The fraction of sp³-hybridized carbons (Fsp3) is 0.556. The van der Waals surface area contributed by atoms with Crippen LogP contribution < -0.4 is 10.6 Å². The molecule has 0 aliphatic carbocycles. The van der Waals surface area contributed by atoms with Crippen LogP contribution in [0.2, 0.25) is 0 Å². The van der Waals surface area contributed by atoms with Crippen LogP contribution in [0.3, 0.4) is 0 Å². The Hall–Kier alpha value is -1.31. The lowest BCUT2D eigenvalue weighted by atomic mass is 10.0. The highest BCUT2D eigenvalue weighted by atomic mass is 127. The van der Waals surface area contributed by atoms with Gasteiger partial charge in [0.05, 0.1) is 12.7 Å². The summed E-state index contributed by atoms with van der Waals surface area (Å²) in [5.41, 5.74) is 1.74. The number of hydrogen-bond donors (Lipinski definition) is 2. The summed E-state index contributed by atoms with van der Waals surface area (Å²) in [4.78, 5) is 15.6. The summed E-state index contributed by atoms with van der Waals surface area (Å²) in [6.45, 7) is 6.16. The molecule has 0 aliphatic heterocycles. The quantitative estimate of drug-likeness (QED) is 0.278. The van der Waals surface area contributed by atoms with Crippen LogP contribution in [-0.4, -0.2) is 39.2 Å². The zero-order chi connectivity index (χ0) is 17.1. The van der Waals surface area contributed by atoms with Crippen LogP contribution in [0.4, 0.5) is 0 Å². The van der Waals surface area contributed by atoms with Crippen molar-refractivity contribution >= 4 is 35.9 Å². The summed E-state index contributed by atoms with van der Waals surface area (Å²) in [5.74, 6) is 1.21. The van der Waals surface area contributed by atoms with Gasteiger partial charge in [-0.3, -0.25) is 4.99 Å². The van der Waals surface area contributed by atoms with Gasteiger partial charge in [-0.1, -0.05) is 38.8 Å². The first kappa shape index (κ1) is 22.7. The van der Waals surface area contributed by atoms with Gasteiger partial charge in [-0.15, -0.1) is 24.0 Å². The Kier molecular flexibility index (Phi) is 12.3. The number of halogens is 1. The summed E-state index contributed by atoms with van der Waals surface area (Å²) >= 11 is 0. The number of aliphatic imine (C=N–C) groups is 1. The van der Waals surface area contributed by atoms with Crippen LogP contribution >= 0.6 is 24.0 Å². The summed E-state index contributed by atoms with van der Waals surface area (Å²) in [5, 5.41) is 6.68. The third-order valence-corrected chi connectivity index (χ3v) is 4.02. The second-order valence-electron chi connectivity index (χ2n) is 5.50. The lowest BCUT2D eigenvalue weighted by Gasteiger charge is -2.16. The molecule has 0 saturated carbocycles. The summed E-state index contributed by atoms with van der Waals surface area (Å²) < 4.78 is 4.69. The maximum Gasteiger partial charge on any atom is 0.337 e. The molecule has 1 aromatic carbocycles. The van der Waals surface area contributed by atoms with Crippen LogP contribution in [0, 0.1) is 5.92 Å². The number of ether oxygens (including phenoxy) is 1. The molecule has 136 valence electrons. The van der Waals surface area contributed by atoms with Gasteiger partial charge in [0, 0.05) is 20.1 Å². The van der Waals surface area contributed by atoms with Crippen molar-refractivity contribution in [3.63, 3.8) is 0 Å². The molecule has 6 heteroatoms. The SMILES string of the molecule is CCC(CC)CNC(=NC)NCCc1ccc(C(=O)OC)cc1.I. The van der Waals surface area contributed by atoms with E-state index in [0.717, 1.165) is 25.5 Å². The van der Waals surface area contributed by atoms with E-state index in [-0.39, 0.29) is 29.9 Å². The van der Waals surface area contributed by atoms with Crippen molar-refractivity contribution in [1.82, 2.24) is 10.6 Å². The van der Waals surface area contributed by atoms with E-state index in [0.29, 0.717) is 11.5 Å². The summed E-state index contributed by atoms with van der Waals surface area (Å²) in [7, 11) is 3.17. The molecule has 1 aromatic rings. The highest BCUT2D eigenvalue weighted by molar-refractivity contribution is 14.0. The van der Waals surface area contributed by atoms with Crippen LogP contribution in [0.25, 0.3) is 0 Å². The monoisotopic (exact) mass is 447 g/mol. The molecule has 0 amide bonds. The predicted octanol–water partition coefficient (Wildman–Crippen LogP) is 3.23. The molecule has 0 fully saturated rings. The third kappa shape index (κ3) is 7.99. The first-order chi connectivity index (χ1) is 11.1. The van der Waals surface area contributed by atoms with Gasteiger partial charge < -0.3 is 15.4 Å². The van der Waals surface area contributed by atoms with Gasteiger partial charge in [0.15, 0.2) is 5.96 Å². The Morgan fingerprint density at radius 3 is 2.29 bits per heavy atom. The second-order valence-corrected chi connectivity index (χ2v) is 5.50. The smallest absolute Gasteiger partial charge is 0.337 e. The molecule has 0 aliphatic rings. The largest absolute Gasteiger partial charge is 0.465 e. The number of benzene rings is 1. The van der Waals surface area contributed by atoms with Crippen LogP contribution in [0.15, 0.2) is 29.3 Å². The number of hydrogen-bond acceptors (Lipinski definition) is 3. The lowest BCUT2D eigenvalue weighted by molar-refractivity contribution is 0.0600. The van der Waals surface area contributed by atoms with Gasteiger partial charge in [-0.25, -0.2) is 4.79 Å². The van der Waals surface area contributed by atoms with E-state index in [1.807, 2.05) is 12.1 Å².